The van der Waals surface area contributed by atoms with E-state index in [4.69, 9.17) is 18.9 Å². The molecule has 2 heterocycles. The van der Waals surface area contributed by atoms with Gasteiger partial charge in [-0.25, -0.2) is 0 Å². The average molecular weight is 757 g/mol. The van der Waals surface area contributed by atoms with Crippen molar-refractivity contribution in [3.8, 4) is 0 Å². The Morgan fingerprint density at radius 3 is 2.02 bits per heavy atom. The van der Waals surface area contributed by atoms with Crippen molar-refractivity contribution in [2.45, 2.75) is 159 Å². The second-order valence-corrected chi connectivity index (χ2v) is 18.0. The third-order valence-corrected chi connectivity index (χ3v) is 15.0. The number of hydrogen-bond acceptors (Lipinski definition) is 14. The fraction of sp³-hybridized carbons (Fsp3) is 0.949. The van der Waals surface area contributed by atoms with Crippen LogP contribution in [0.25, 0.3) is 0 Å². The molecule has 0 aromatic heterocycles. The van der Waals surface area contributed by atoms with Gasteiger partial charge in [0.1, 0.15) is 60.4 Å². The molecule has 6 fully saturated rings. The molecule has 2 aliphatic heterocycles. The lowest BCUT2D eigenvalue weighted by Gasteiger charge is -2.60. The van der Waals surface area contributed by atoms with Gasteiger partial charge in [-0.3, -0.25) is 9.59 Å². The molecule has 0 radical (unpaired) electrons. The number of aliphatic hydroxyl groups excluding tert-OH is 8. The summed E-state index contributed by atoms with van der Waals surface area (Å²) in [7, 11) is 0. The van der Waals surface area contributed by atoms with Crippen LogP contribution in [-0.2, 0) is 28.5 Å². The quantitative estimate of drug-likeness (QED) is 0.126. The first kappa shape index (κ1) is 41.5. The number of aliphatic hydroxyl groups is 8. The highest BCUT2D eigenvalue weighted by atomic mass is 16.7. The van der Waals surface area contributed by atoms with Crippen molar-refractivity contribution in [2.75, 3.05) is 19.8 Å². The first-order chi connectivity index (χ1) is 25.0. The Hall–Kier alpha value is -1.14. The summed E-state index contributed by atoms with van der Waals surface area (Å²) >= 11 is 0. The summed E-state index contributed by atoms with van der Waals surface area (Å²) in [5.41, 5.74) is -0.231. The lowest BCUT2D eigenvalue weighted by molar-refractivity contribution is -0.315. The molecule has 8 N–H and O–H groups in total. The summed E-state index contributed by atoms with van der Waals surface area (Å²) in [5, 5.41) is 80.3. The normalized spacial score (nSPS) is 49.8. The van der Waals surface area contributed by atoms with Crippen LogP contribution in [0.3, 0.4) is 0 Å². The molecule has 53 heavy (non-hydrogen) atoms. The van der Waals surface area contributed by atoms with Crippen LogP contribution in [0.5, 0.6) is 0 Å². The average Bonchev–Trinajstić information content (AvgIpc) is 3.50. The van der Waals surface area contributed by atoms with Crippen molar-refractivity contribution in [2.24, 2.45) is 52.3 Å². The monoisotopic (exact) mass is 756 g/mol. The van der Waals surface area contributed by atoms with Gasteiger partial charge in [-0.05, 0) is 91.8 Å². The number of carbonyl (C=O) groups excluding carboxylic acids is 2. The fourth-order valence-corrected chi connectivity index (χ4v) is 11.7. The molecule has 0 aromatic rings. The molecule has 14 heteroatoms. The number of carbonyl (C=O) groups is 2. The van der Waals surface area contributed by atoms with Crippen molar-refractivity contribution < 1.29 is 69.4 Å². The van der Waals surface area contributed by atoms with Gasteiger partial charge in [-0.1, -0.05) is 27.7 Å². The van der Waals surface area contributed by atoms with E-state index in [0.717, 1.165) is 32.1 Å². The third-order valence-electron chi connectivity index (χ3n) is 15.0. The maximum Gasteiger partial charge on any atom is 0.186 e. The Morgan fingerprint density at radius 2 is 1.38 bits per heavy atom. The zero-order chi connectivity index (χ0) is 38.6. The molecule has 14 nitrogen and oxygen atoms in total. The standard InChI is InChI=1S/C39H64O14/c1-18(17-50-36-34(48)32(46)30(44)28(15-40)52-36)5-8-26(42)19(2)22-6-7-23-21-14-27(43)25-13-20(9-11-39(25,4)24(21)10-12-38(22,23)3)51-37-35(49)33(47)31(45)29(16-41)53-37/h18-25,28-37,40-41,44-49H,5-17H2,1-4H3/t18-,19-,20+,21+,22-,23+,24+,25-,28-,29-,30-,31-,32+,33+,34-,35-,36-,37-,38-,39-/m1/s1. The van der Waals surface area contributed by atoms with Crippen molar-refractivity contribution >= 4 is 11.6 Å². The third kappa shape index (κ3) is 7.66. The molecular formula is C39H64O14. The van der Waals surface area contributed by atoms with Crippen LogP contribution in [0.2, 0.25) is 0 Å². The molecule has 2 saturated heterocycles. The predicted octanol–water partition coefficient (Wildman–Crippen LogP) is 0.447. The highest BCUT2D eigenvalue weighted by molar-refractivity contribution is 5.83. The maximum atomic E-state index is 14.0. The number of hydrogen-bond donors (Lipinski definition) is 8. The molecule has 0 unspecified atom stereocenters. The Balaban J connectivity index is 1.02. The maximum absolute atomic E-state index is 14.0. The van der Waals surface area contributed by atoms with Crippen LogP contribution in [0.4, 0.5) is 0 Å². The highest BCUT2D eigenvalue weighted by Crippen LogP contribution is 2.68. The van der Waals surface area contributed by atoms with Gasteiger partial charge in [0, 0.05) is 24.7 Å². The van der Waals surface area contributed by atoms with E-state index in [-0.39, 0.29) is 64.7 Å². The number of ketones is 2. The first-order valence-corrected chi connectivity index (χ1v) is 20.0. The highest BCUT2D eigenvalue weighted by Gasteiger charge is 2.63. The van der Waals surface area contributed by atoms with Crippen LogP contribution < -0.4 is 0 Å². The van der Waals surface area contributed by atoms with Crippen LogP contribution in [0.1, 0.15) is 91.9 Å². The van der Waals surface area contributed by atoms with Gasteiger partial charge in [-0.2, -0.15) is 0 Å². The minimum absolute atomic E-state index is 0.0407. The molecule has 4 aliphatic carbocycles. The Kier molecular flexibility index (Phi) is 12.8. The molecule has 0 bridgehead atoms. The summed E-state index contributed by atoms with van der Waals surface area (Å²) in [6.45, 7) is 7.72. The minimum Gasteiger partial charge on any atom is -0.394 e. The number of ether oxygens (including phenoxy) is 4. The Morgan fingerprint density at radius 1 is 0.792 bits per heavy atom. The predicted molar refractivity (Wildman–Crippen MR) is 187 cm³/mol. The Bertz CT molecular complexity index is 1280. The molecular weight excluding hydrogens is 692 g/mol. The lowest BCUT2D eigenvalue weighted by Crippen LogP contribution is -2.61. The van der Waals surface area contributed by atoms with Gasteiger partial charge in [0.15, 0.2) is 12.6 Å². The topological polar surface area (TPSA) is 233 Å². The smallest absolute Gasteiger partial charge is 0.186 e. The Labute approximate surface area is 312 Å². The van der Waals surface area contributed by atoms with E-state index in [2.05, 4.69) is 20.8 Å². The van der Waals surface area contributed by atoms with E-state index in [1.54, 1.807) is 0 Å². The summed E-state index contributed by atoms with van der Waals surface area (Å²) in [6.07, 6.45) is -6.36. The van der Waals surface area contributed by atoms with Crippen molar-refractivity contribution in [1.82, 2.24) is 0 Å². The van der Waals surface area contributed by atoms with E-state index in [1.807, 2.05) is 6.92 Å². The van der Waals surface area contributed by atoms with Crippen LogP contribution in [0, 0.1) is 52.3 Å². The summed E-state index contributed by atoms with van der Waals surface area (Å²) in [6, 6.07) is 0. The van der Waals surface area contributed by atoms with Crippen molar-refractivity contribution in [3.05, 3.63) is 0 Å². The molecule has 4 saturated carbocycles. The SMILES string of the molecule is C[C@H](CCC(=O)[C@H](C)[C@H]1CC[C@H]2[C@@H]3CC(=O)[C@H]4C[C@@H](O[C@@H]5O[C@H](CO)[C@@H](O)[C@H](O)[C@H]5O)CC[C@]4(C)[C@H]3CC[C@]12C)CO[C@@H]1O[C@H](CO)[C@@H](O)[C@H](O)[C@H]1O. The zero-order valence-electron chi connectivity index (χ0n) is 31.6. The van der Waals surface area contributed by atoms with Gasteiger partial charge in [0.25, 0.3) is 0 Å². The molecule has 0 aromatic carbocycles. The molecule has 6 aliphatic rings. The summed E-state index contributed by atoms with van der Waals surface area (Å²) in [5.74, 6) is 1.32. The van der Waals surface area contributed by atoms with E-state index in [9.17, 15) is 50.4 Å². The van der Waals surface area contributed by atoms with E-state index >= 15 is 0 Å². The molecule has 0 amide bonds. The summed E-state index contributed by atoms with van der Waals surface area (Å²) < 4.78 is 22.9. The second-order valence-electron chi connectivity index (χ2n) is 18.0. The fourth-order valence-electron chi connectivity index (χ4n) is 11.7. The molecule has 0 spiro atoms. The lowest BCUT2D eigenvalue weighted by atomic mass is 9.44. The first-order valence-electron chi connectivity index (χ1n) is 20.0. The van der Waals surface area contributed by atoms with Crippen molar-refractivity contribution in [3.63, 3.8) is 0 Å². The summed E-state index contributed by atoms with van der Waals surface area (Å²) in [4.78, 5) is 27.7. The van der Waals surface area contributed by atoms with Gasteiger partial charge in [0.05, 0.1) is 25.9 Å². The van der Waals surface area contributed by atoms with Gasteiger partial charge in [0.2, 0.25) is 0 Å². The molecule has 20 atom stereocenters. The van der Waals surface area contributed by atoms with E-state index in [0.29, 0.717) is 43.9 Å². The van der Waals surface area contributed by atoms with Gasteiger partial charge < -0.3 is 59.8 Å². The minimum atomic E-state index is -1.52. The second kappa shape index (κ2) is 16.4. The largest absolute Gasteiger partial charge is 0.394 e. The van der Waals surface area contributed by atoms with E-state index < -0.39 is 74.6 Å². The zero-order valence-corrected chi connectivity index (χ0v) is 31.6. The van der Waals surface area contributed by atoms with Crippen LogP contribution in [-0.4, -0.2) is 140 Å². The number of fused-ring (bicyclic) bond motifs is 5. The van der Waals surface area contributed by atoms with Gasteiger partial charge >= 0.3 is 0 Å². The molecule has 6 rings (SSSR count). The molecule has 304 valence electrons. The van der Waals surface area contributed by atoms with Crippen LogP contribution >= 0.6 is 0 Å². The van der Waals surface area contributed by atoms with E-state index in [1.165, 1.54) is 0 Å². The van der Waals surface area contributed by atoms with Gasteiger partial charge in [-0.15, -0.1) is 0 Å². The van der Waals surface area contributed by atoms with Crippen LogP contribution in [0.15, 0.2) is 0 Å². The number of rotatable bonds is 12. The number of Topliss-reactive ketones (excluding diaryl/α,β-unsaturated/α-hetero) is 2. The van der Waals surface area contributed by atoms with Crippen molar-refractivity contribution in [1.29, 1.82) is 0 Å².